The highest BCUT2D eigenvalue weighted by molar-refractivity contribution is 5.76. The van der Waals surface area contributed by atoms with Crippen molar-refractivity contribution < 1.29 is 9.90 Å². The van der Waals surface area contributed by atoms with E-state index in [2.05, 4.69) is 9.97 Å². The summed E-state index contributed by atoms with van der Waals surface area (Å²) in [6, 6.07) is 1.98. The Morgan fingerprint density at radius 3 is 2.89 bits per heavy atom. The molecule has 1 unspecified atom stereocenters. The van der Waals surface area contributed by atoms with E-state index in [4.69, 9.17) is 5.26 Å². The summed E-state index contributed by atoms with van der Waals surface area (Å²) in [5.74, 6) is -0.300. The first-order chi connectivity index (χ1) is 8.63. The van der Waals surface area contributed by atoms with Crippen LogP contribution in [0.1, 0.15) is 25.5 Å². The number of hydrogen-bond acceptors (Lipinski definition) is 5. The maximum atomic E-state index is 11.4. The molecule has 1 aliphatic rings. The van der Waals surface area contributed by atoms with Crippen molar-refractivity contribution in [1.29, 1.82) is 5.26 Å². The zero-order valence-electron chi connectivity index (χ0n) is 10.1. The summed E-state index contributed by atoms with van der Waals surface area (Å²) in [6.45, 7) is 2.85. The Labute approximate surface area is 105 Å². The van der Waals surface area contributed by atoms with Gasteiger partial charge >= 0.3 is 5.97 Å². The maximum Gasteiger partial charge on any atom is 0.311 e. The van der Waals surface area contributed by atoms with Crippen LogP contribution >= 0.6 is 0 Å². The van der Waals surface area contributed by atoms with Crippen molar-refractivity contribution in [3.05, 3.63) is 18.1 Å². The van der Waals surface area contributed by atoms with Crippen LogP contribution in [-0.2, 0) is 4.79 Å². The maximum absolute atomic E-state index is 11.4. The van der Waals surface area contributed by atoms with E-state index in [1.165, 1.54) is 12.4 Å². The largest absolute Gasteiger partial charge is 0.481 e. The Morgan fingerprint density at radius 1 is 1.61 bits per heavy atom. The molecule has 0 aromatic carbocycles. The molecule has 6 nitrogen and oxygen atoms in total. The average Bonchev–Trinajstić information content (AvgIpc) is 2.84. The highest BCUT2D eigenvalue weighted by Crippen LogP contribution is 2.36. The van der Waals surface area contributed by atoms with E-state index in [0.717, 1.165) is 0 Å². The number of rotatable bonds is 3. The van der Waals surface area contributed by atoms with Gasteiger partial charge in [-0.2, -0.15) is 5.26 Å². The Kier molecular flexibility index (Phi) is 3.15. The molecule has 18 heavy (non-hydrogen) atoms. The summed E-state index contributed by atoms with van der Waals surface area (Å²) in [5.41, 5.74) is -0.487. The molecule has 0 aliphatic carbocycles. The van der Waals surface area contributed by atoms with Gasteiger partial charge < -0.3 is 10.0 Å². The second-order valence-corrected chi connectivity index (χ2v) is 4.45. The van der Waals surface area contributed by atoms with Crippen molar-refractivity contribution in [3.63, 3.8) is 0 Å². The number of nitrogens with zero attached hydrogens (tertiary/aromatic N) is 4. The number of carboxylic acids is 1. The molecule has 0 spiro atoms. The van der Waals surface area contributed by atoms with E-state index in [9.17, 15) is 9.90 Å². The van der Waals surface area contributed by atoms with Crippen molar-refractivity contribution in [3.8, 4) is 6.07 Å². The Bertz CT molecular complexity index is 511. The minimum Gasteiger partial charge on any atom is -0.481 e. The number of nitriles is 1. The van der Waals surface area contributed by atoms with Crippen LogP contribution in [0.4, 0.5) is 5.82 Å². The highest BCUT2D eigenvalue weighted by atomic mass is 16.4. The van der Waals surface area contributed by atoms with Gasteiger partial charge in [0.25, 0.3) is 0 Å². The Balaban J connectivity index is 2.29. The molecule has 2 heterocycles. The molecule has 0 saturated carbocycles. The van der Waals surface area contributed by atoms with Gasteiger partial charge in [0, 0.05) is 25.5 Å². The summed E-state index contributed by atoms with van der Waals surface area (Å²) in [6.07, 6.45) is 4.12. The fourth-order valence-corrected chi connectivity index (χ4v) is 2.31. The third kappa shape index (κ3) is 1.88. The standard InChI is InChI=1S/C12H14N4O2/c1-2-12(11(17)18)3-6-16(8-12)10-9(7-13)14-4-5-15-10/h4-5H,2-3,6,8H2,1H3,(H,17,18). The molecule has 6 heteroatoms. The van der Waals surface area contributed by atoms with Gasteiger partial charge in [0.15, 0.2) is 11.5 Å². The molecule has 0 radical (unpaired) electrons. The van der Waals surface area contributed by atoms with Crippen LogP contribution in [0.25, 0.3) is 0 Å². The lowest BCUT2D eigenvalue weighted by Gasteiger charge is -2.23. The van der Waals surface area contributed by atoms with E-state index < -0.39 is 11.4 Å². The molecule has 0 bridgehead atoms. The zero-order valence-corrected chi connectivity index (χ0v) is 10.1. The normalized spacial score (nSPS) is 22.8. The molecule has 1 atom stereocenters. The topological polar surface area (TPSA) is 90.1 Å². The molecule has 2 rings (SSSR count). The zero-order chi connectivity index (χ0) is 13.2. The van der Waals surface area contributed by atoms with Gasteiger partial charge in [-0.3, -0.25) is 4.79 Å². The molecule has 0 amide bonds. The van der Waals surface area contributed by atoms with Crippen LogP contribution in [0.2, 0.25) is 0 Å². The number of aromatic nitrogens is 2. The van der Waals surface area contributed by atoms with Crippen LogP contribution in [0.5, 0.6) is 0 Å². The fraction of sp³-hybridized carbons (Fsp3) is 0.500. The van der Waals surface area contributed by atoms with Crippen molar-refractivity contribution in [1.82, 2.24) is 9.97 Å². The van der Waals surface area contributed by atoms with Gasteiger partial charge in [0.05, 0.1) is 5.41 Å². The van der Waals surface area contributed by atoms with Gasteiger partial charge in [-0.1, -0.05) is 6.92 Å². The van der Waals surface area contributed by atoms with Gasteiger partial charge in [0.1, 0.15) is 6.07 Å². The molecule has 94 valence electrons. The molecule has 1 aliphatic heterocycles. The minimum absolute atomic E-state index is 0.245. The molecular formula is C12H14N4O2. The molecule has 1 aromatic heterocycles. The predicted molar refractivity (Wildman–Crippen MR) is 63.9 cm³/mol. The summed E-state index contributed by atoms with van der Waals surface area (Å²) in [5, 5.41) is 18.3. The van der Waals surface area contributed by atoms with Gasteiger partial charge in [-0.25, -0.2) is 9.97 Å². The monoisotopic (exact) mass is 246 g/mol. The summed E-state index contributed by atoms with van der Waals surface area (Å²) in [4.78, 5) is 21.3. The first-order valence-corrected chi connectivity index (χ1v) is 5.82. The Morgan fingerprint density at radius 2 is 2.33 bits per heavy atom. The highest BCUT2D eigenvalue weighted by Gasteiger charge is 2.44. The van der Waals surface area contributed by atoms with Crippen molar-refractivity contribution in [2.75, 3.05) is 18.0 Å². The van der Waals surface area contributed by atoms with E-state index >= 15 is 0 Å². The van der Waals surface area contributed by atoms with Gasteiger partial charge in [-0.15, -0.1) is 0 Å². The molecule has 1 saturated heterocycles. The Hall–Kier alpha value is -2.16. The van der Waals surface area contributed by atoms with Crippen LogP contribution in [0, 0.1) is 16.7 Å². The quantitative estimate of drug-likeness (QED) is 0.857. The van der Waals surface area contributed by atoms with Crippen molar-refractivity contribution >= 4 is 11.8 Å². The van der Waals surface area contributed by atoms with E-state index in [0.29, 0.717) is 31.7 Å². The van der Waals surface area contributed by atoms with Crippen molar-refractivity contribution in [2.45, 2.75) is 19.8 Å². The minimum atomic E-state index is -0.783. The lowest BCUT2D eigenvalue weighted by molar-refractivity contribution is -0.147. The van der Waals surface area contributed by atoms with Crippen LogP contribution in [-0.4, -0.2) is 34.1 Å². The lowest BCUT2D eigenvalue weighted by Crippen LogP contribution is -2.34. The SMILES string of the molecule is CCC1(C(=O)O)CCN(c2nccnc2C#N)C1. The number of aliphatic carboxylic acids is 1. The molecule has 1 aromatic rings. The van der Waals surface area contributed by atoms with E-state index in [1.54, 1.807) is 0 Å². The number of carbonyl (C=O) groups is 1. The molecular weight excluding hydrogens is 232 g/mol. The van der Waals surface area contributed by atoms with E-state index in [1.807, 2.05) is 17.9 Å². The first-order valence-electron chi connectivity index (χ1n) is 5.82. The van der Waals surface area contributed by atoms with E-state index in [-0.39, 0.29) is 5.69 Å². The number of carboxylic acid groups (broad SMARTS) is 1. The van der Waals surface area contributed by atoms with Gasteiger partial charge in [0.2, 0.25) is 0 Å². The van der Waals surface area contributed by atoms with Crippen LogP contribution in [0.15, 0.2) is 12.4 Å². The van der Waals surface area contributed by atoms with Crippen LogP contribution < -0.4 is 4.90 Å². The second-order valence-electron chi connectivity index (χ2n) is 4.45. The smallest absolute Gasteiger partial charge is 0.311 e. The number of anilines is 1. The fourth-order valence-electron chi connectivity index (χ4n) is 2.31. The predicted octanol–water partition coefficient (Wildman–Crippen LogP) is 1.04. The first kappa shape index (κ1) is 12.3. The summed E-state index contributed by atoms with van der Waals surface area (Å²) >= 11 is 0. The number of hydrogen-bond donors (Lipinski definition) is 1. The molecule has 1 fully saturated rings. The summed E-state index contributed by atoms with van der Waals surface area (Å²) in [7, 11) is 0. The average molecular weight is 246 g/mol. The third-order valence-electron chi connectivity index (χ3n) is 3.57. The van der Waals surface area contributed by atoms with Crippen LogP contribution in [0.3, 0.4) is 0 Å². The van der Waals surface area contributed by atoms with Crippen molar-refractivity contribution in [2.24, 2.45) is 5.41 Å². The van der Waals surface area contributed by atoms with Gasteiger partial charge in [-0.05, 0) is 12.8 Å². The second kappa shape index (κ2) is 4.61. The third-order valence-corrected chi connectivity index (χ3v) is 3.57. The lowest BCUT2D eigenvalue weighted by atomic mass is 9.84. The molecule has 1 N–H and O–H groups in total. The summed E-state index contributed by atoms with van der Waals surface area (Å²) < 4.78 is 0.